The molecule has 0 unspecified atom stereocenters. The highest BCUT2D eigenvalue weighted by molar-refractivity contribution is 14.1. The summed E-state index contributed by atoms with van der Waals surface area (Å²) in [6, 6.07) is 10.5. The van der Waals surface area contributed by atoms with Crippen molar-refractivity contribution in [1.29, 1.82) is 0 Å². The van der Waals surface area contributed by atoms with Crippen molar-refractivity contribution in [3.8, 4) is 0 Å². The number of halogens is 3. The van der Waals surface area contributed by atoms with E-state index in [1.54, 1.807) is 6.07 Å². The molecule has 0 aliphatic rings. The van der Waals surface area contributed by atoms with Gasteiger partial charge in [-0.1, -0.05) is 18.2 Å². The van der Waals surface area contributed by atoms with Crippen LogP contribution >= 0.6 is 22.6 Å². The predicted molar refractivity (Wildman–Crippen MR) is 61.6 cm³/mol. The molecule has 0 aromatic heterocycles. The zero-order valence-electron chi connectivity index (χ0n) is 7.18. The Balaban J connectivity index is 2.62. The molecular formula is C11H7F2I. The second kappa shape index (κ2) is 3.81. The Morgan fingerprint density at radius 3 is 2.29 bits per heavy atom. The van der Waals surface area contributed by atoms with Gasteiger partial charge in [0.2, 0.25) is 0 Å². The minimum Gasteiger partial charge on any atom is -0.205 e. The second-order valence-corrected chi connectivity index (χ2v) is 4.30. The molecule has 0 amide bonds. The lowest BCUT2D eigenvalue weighted by atomic mass is 10.1. The van der Waals surface area contributed by atoms with E-state index in [9.17, 15) is 8.78 Å². The summed E-state index contributed by atoms with van der Waals surface area (Å²) >= 11 is 2.20. The summed E-state index contributed by atoms with van der Waals surface area (Å²) in [5.74, 6) is 0. The highest BCUT2D eigenvalue weighted by atomic mass is 127. The van der Waals surface area contributed by atoms with E-state index >= 15 is 0 Å². The molecule has 2 rings (SSSR count). The summed E-state index contributed by atoms with van der Waals surface area (Å²) in [4.78, 5) is 0. The van der Waals surface area contributed by atoms with Crippen LogP contribution in [0.25, 0.3) is 10.8 Å². The molecule has 0 spiro atoms. The van der Waals surface area contributed by atoms with Crippen LogP contribution in [-0.2, 0) is 0 Å². The molecule has 0 N–H and O–H groups in total. The summed E-state index contributed by atoms with van der Waals surface area (Å²) < 4.78 is 25.9. The van der Waals surface area contributed by atoms with Crippen LogP contribution in [0.1, 0.15) is 12.0 Å². The quantitative estimate of drug-likeness (QED) is 0.686. The number of benzene rings is 2. The van der Waals surface area contributed by atoms with E-state index < -0.39 is 6.43 Å². The predicted octanol–water partition coefficient (Wildman–Crippen LogP) is 4.38. The first-order valence-electron chi connectivity index (χ1n) is 4.14. The Bertz CT molecular complexity index is 466. The van der Waals surface area contributed by atoms with Crippen LogP contribution in [0, 0.1) is 3.57 Å². The lowest BCUT2D eigenvalue weighted by Crippen LogP contribution is -1.84. The molecule has 0 fully saturated rings. The van der Waals surface area contributed by atoms with Crippen molar-refractivity contribution in [2.45, 2.75) is 6.43 Å². The third-order valence-electron chi connectivity index (χ3n) is 2.08. The maximum absolute atomic E-state index is 12.4. The zero-order chi connectivity index (χ0) is 10.1. The van der Waals surface area contributed by atoms with Crippen molar-refractivity contribution in [1.82, 2.24) is 0 Å². The number of hydrogen-bond acceptors (Lipinski definition) is 0. The summed E-state index contributed by atoms with van der Waals surface area (Å²) in [6.45, 7) is 0. The minimum absolute atomic E-state index is 0.0821. The molecule has 0 saturated carbocycles. The summed E-state index contributed by atoms with van der Waals surface area (Å²) in [5.41, 5.74) is 0.0821. The zero-order valence-corrected chi connectivity index (χ0v) is 9.33. The average molecular weight is 304 g/mol. The van der Waals surface area contributed by atoms with Crippen LogP contribution in [-0.4, -0.2) is 0 Å². The third-order valence-corrected chi connectivity index (χ3v) is 2.75. The fourth-order valence-corrected chi connectivity index (χ4v) is 1.89. The first-order valence-corrected chi connectivity index (χ1v) is 5.22. The minimum atomic E-state index is -2.39. The van der Waals surface area contributed by atoms with Crippen molar-refractivity contribution in [3.05, 3.63) is 45.5 Å². The van der Waals surface area contributed by atoms with Crippen molar-refractivity contribution in [2.24, 2.45) is 0 Å². The van der Waals surface area contributed by atoms with Gasteiger partial charge < -0.3 is 0 Å². The topological polar surface area (TPSA) is 0 Å². The number of rotatable bonds is 1. The van der Waals surface area contributed by atoms with Gasteiger partial charge in [-0.05, 0) is 51.6 Å². The Labute approximate surface area is 94.1 Å². The number of hydrogen-bond donors (Lipinski definition) is 0. The van der Waals surface area contributed by atoms with Gasteiger partial charge in [0, 0.05) is 9.13 Å². The van der Waals surface area contributed by atoms with Crippen molar-refractivity contribution in [3.63, 3.8) is 0 Å². The van der Waals surface area contributed by atoms with E-state index in [1.807, 2.05) is 18.2 Å². The Hall–Kier alpha value is -0.710. The fraction of sp³-hybridized carbons (Fsp3) is 0.0909. The highest BCUT2D eigenvalue weighted by Crippen LogP contribution is 2.24. The summed E-state index contributed by atoms with van der Waals surface area (Å²) in [6.07, 6.45) is -2.39. The molecule has 0 radical (unpaired) electrons. The van der Waals surface area contributed by atoms with Gasteiger partial charge in [0.1, 0.15) is 0 Å². The lowest BCUT2D eigenvalue weighted by molar-refractivity contribution is 0.151. The van der Waals surface area contributed by atoms with E-state index in [4.69, 9.17) is 0 Å². The molecule has 0 bridgehead atoms. The Morgan fingerprint density at radius 1 is 0.929 bits per heavy atom. The van der Waals surface area contributed by atoms with Gasteiger partial charge in [-0.15, -0.1) is 0 Å². The Morgan fingerprint density at radius 2 is 1.57 bits per heavy atom. The molecule has 2 aromatic rings. The highest BCUT2D eigenvalue weighted by Gasteiger charge is 2.06. The first kappa shape index (κ1) is 9.83. The normalized spacial score (nSPS) is 11.1. The molecule has 0 atom stereocenters. The Kier molecular flexibility index (Phi) is 2.67. The molecular weight excluding hydrogens is 297 g/mol. The standard InChI is InChI=1S/C11H7F2I/c12-11(13)9-2-1-8-6-10(14)4-3-7(8)5-9/h1-6,11H. The van der Waals surface area contributed by atoms with Crippen LogP contribution in [0.3, 0.4) is 0 Å². The van der Waals surface area contributed by atoms with Crippen LogP contribution in [0.5, 0.6) is 0 Å². The maximum Gasteiger partial charge on any atom is 0.263 e. The molecule has 0 aliphatic carbocycles. The maximum atomic E-state index is 12.4. The van der Waals surface area contributed by atoms with E-state index in [2.05, 4.69) is 22.6 Å². The van der Waals surface area contributed by atoms with E-state index in [0.29, 0.717) is 0 Å². The summed E-state index contributed by atoms with van der Waals surface area (Å²) in [5, 5.41) is 1.87. The van der Waals surface area contributed by atoms with Gasteiger partial charge in [0.05, 0.1) is 0 Å². The molecule has 3 heteroatoms. The SMILES string of the molecule is FC(F)c1ccc2cc(I)ccc2c1. The largest absolute Gasteiger partial charge is 0.263 e. The molecule has 0 nitrogen and oxygen atoms in total. The van der Waals surface area contributed by atoms with Gasteiger partial charge >= 0.3 is 0 Å². The second-order valence-electron chi connectivity index (χ2n) is 3.05. The van der Waals surface area contributed by atoms with Crippen LogP contribution in [0.4, 0.5) is 8.78 Å². The van der Waals surface area contributed by atoms with Gasteiger partial charge in [0.15, 0.2) is 0 Å². The number of alkyl halides is 2. The molecule has 72 valence electrons. The van der Waals surface area contributed by atoms with Crippen LogP contribution in [0.15, 0.2) is 36.4 Å². The lowest BCUT2D eigenvalue weighted by Gasteiger charge is -2.02. The van der Waals surface area contributed by atoms with Crippen LogP contribution < -0.4 is 0 Å². The third kappa shape index (κ3) is 1.87. The van der Waals surface area contributed by atoms with Gasteiger partial charge in [-0.2, -0.15) is 0 Å². The van der Waals surface area contributed by atoms with E-state index in [0.717, 1.165) is 14.3 Å². The number of fused-ring (bicyclic) bond motifs is 1. The first-order chi connectivity index (χ1) is 6.66. The molecule has 14 heavy (non-hydrogen) atoms. The van der Waals surface area contributed by atoms with E-state index in [-0.39, 0.29) is 5.56 Å². The van der Waals surface area contributed by atoms with Crippen molar-refractivity contribution in [2.75, 3.05) is 0 Å². The summed E-state index contributed by atoms with van der Waals surface area (Å²) in [7, 11) is 0. The monoisotopic (exact) mass is 304 g/mol. The van der Waals surface area contributed by atoms with Crippen molar-refractivity contribution >= 4 is 33.4 Å². The molecule has 0 saturated heterocycles. The average Bonchev–Trinajstić information content (AvgIpc) is 2.16. The van der Waals surface area contributed by atoms with Gasteiger partial charge in [-0.3, -0.25) is 0 Å². The molecule has 0 heterocycles. The fourth-order valence-electron chi connectivity index (χ4n) is 1.37. The molecule has 0 aliphatic heterocycles. The van der Waals surface area contributed by atoms with Gasteiger partial charge in [0.25, 0.3) is 6.43 Å². The van der Waals surface area contributed by atoms with Crippen LogP contribution in [0.2, 0.25) is 0 Å². The van der Waals surface area contributed by atoms with Crippen molar-refractivity contribution < 1.29 is 8.78 Å². The van der Waals surface area contributed by atoms with Gasteiger partial charge in [-0.25, -0.2) is 8.78 Å². The van der Waals surface area contributed by atoms with E-state index in [1.165, 1.54) is 12.1 Å². The smallest absolute Gasteiger partial charge is 0.205 e. The molecule has 2 aromatic carbocycles.